The van der Waals surface area contributed by atoms with E-state index in [2.05, 4.69) is 5.32 Å². The molecule has 0 aliphatic rings. The fraction of sp³-hybridized carbons (Fsp3) is 0.778. The third kappa shape index (κ3) is 4.81. The van der Waals surface area contributed by atoms with Crippen LogP contribution in [0.3, 0.4) is 0 Å². The summed E-state index contributed by atoms with van der Waals surface area (Å²) in [4.78, 5) is 21.9. The zero-order valence-corrected chi connectivity index (χ0v) is 8.74. The highest BCUT2D eigenvalue weighted by atomic mass is 16.5. The van der Waals surface area contributed by atoms with Gasteiger partial charge in [-0.3, -0.25) is 4.79 Å². The van der Waals surface area contributed by atoms with Crippen LogP contribution in [0.15, 0.2) is 0 Å². The van der Waals surface area contributed by atoms with Crippen molar-refractivity contribution in [2.45, 2.75) is 26.3 Å². The predicted octanol–water partition coefficient (Wildman–Crippen LogP) is 0.248. The van der Waals surface area contributed by atoms with Crippen LogP contribution in [0.1, 0.15) is 20.3 Å². The number of carbonyl (C=O) groups excluding carboxylic acids is 1. The summed E-state index contributed by atoms with van der Waals surface area (Å²) in [5.41, 5.74) is 0. The first-order chi connectivity index (χ1) is 6.49. The molecule has 0 saturated carbocycles. The monoisotopic (exact) mass is 203 g/mol. The van der Waals surface area contributed by atoms with Gasteiger partial charge in [0.1, 0.15) is 6.04 Å². The minimum absolute atomic E-state index is 0.126. The summed E-state index contributed by atoms with van der Waals surface area (Å²) in [6.45, 7) is 3.79. The second kappa shape index (κ2) is 6.37. The van der Waals surface area contributed by atoms with Crippen molar-refractivity contribution in [2.24, 2.45) is 5.92 Å². The molecule has 0 aromatic rings. The number of ether oxygens (including phenoxy) is 1. The lowest BCUT2D eigenvalue weighted by Gasteiger charge is -2.17. The quantitative estimate of drug-likeness (QED) is 0.648. The Balaban J connectivity index is 4.04. The van der Waals surface area contributed by atoms with Crippen molar-refractivity contribution in [1.29, 1.82) is 0 Å². The minimum Gasteiger partial charge on any atom is -0.480 e. The van der Waals surface area contributed by atoms with E-state index in [1.165, 1.54) is 7.11 Å². The second-order valence-corrected chi connectivity index (χ2v) is 3.37. The molecule has 0 aromatic heterocycles. The Morgan fingerprint density at radius 2 is 2.00 bits per heavy atom. The number of carboxylic acid groups (broad SMARTS) is 1. The summed E-state index contributed by atoms with van der Waals surface area (Å²) in [7, 11) is 1.49. The van der Waals surface area contributed by atoms with E-state index in [1.807, 2.05) is 0 Å². The summed E-state index contributed by atoms with van der Waals surface area (Å²) < 4.78 is 4.71. The van der Waals surface area contributed by atoms with Crippen molar-refractivity contribution in [2.75, 3.05) is 13.7 Å². The molecule has 0 bridgehead atoms. The molecule has 5 nitrogen and oxygen atoms in total. The molecule has 0 unspecified atom stereocenters. The zero-order chi connectivity index (χ0) is 11.1. The van der Waals surface area contributed by atoms with Crippen molar-refractivity contribution in [3.8, 4) is 0 Å². The number of rotatable bonds is 6. The standard InChI is InChI=1S/C9H17NO4/c1-6(2)8(9(12)13)10-7(11)4-5-14-3/h6,8H,4-5H2,1-3H3,(H,10,11)(H,12,13)/t8-/m1/s1. The van der Waals surface area contributed by atoms with Crippen LogP contribution in [-0.2, 0) is 14.3 Å². The molecule has 14 heavy (non-hydrogen) atoms. The van der Waals surface area contributed by atoms with Crippen molar-refractivity contribution in [3.63, 3.8) is 0 Å². The zero-order valence-electron chi connectivity index (χ0n) is 8.74. The second-order valence-electron chi connectivity index (χ2n) is 3.37. The molecule has 0 aliphatic heterocycles. The van der Waals surface area contributed by atoms with E-state index in [1.54, 1.807) is 13.8 Å². The molecular weight excluding hydrogens is 186 g/mol. The highest BCUT2D eigenvalue weighted by molar-refractivity contribution is 5.83. The van der Waals surface area contributed by atoms with Crippen LogP contribution in [0.25, 0.3) is 0 Å². The highest BCUT2D eigenvalue weighted by Crippen LogP contribution is 2.01. The lowest BCUT2D eigenvalue weighted by molar-refractivity contribution is -0.143. The van der Waals surface area contributed by atoms with Gasteiger partial charge in [0, 0.05) is 13.5 Å². The number of hydrogen-bond acceptors (Lipinski definition) is 3. The fourth-order valence-electron chi connectivity index (χ4n) is 0.954. The Labute approximate surface area is 83.4 Å². The first kappa shape index (κ1) is 12.9. The number of carbonyl (C=O) groups is 2. The number of hydrogen-bond donors (Lipinski definition) is 2. The molecular formula is C9H17NO4. The van der Waals surface area contributed by atoms with Gasteiger partial charge >= 0.3 is 5.97 Å². The Hall–Kier alpha value is -1.10. The van der Waals surface area contributed by atoms with E-state index in [0.29, 0.717) is 6.61 Å². The molecule has 0 rings (SSSR count). The Bertz CT molecular complexity index is 203. The Morgan fingerprint density at radius 1 is 1.43 bits per heavy atom. The first-order valence-corrected chi connectivity index (χ1v) is 4.50. The lowest BCUT2D eigenvalue weighted by atomic mass is 10.0. The van der Waals surface area contributed by atoms with Crippen LogP contribution < -0.4 is 5.32 Å². The van der Waals surface area contributed by atoms with Gasteiger partial charge in [-0.2, -0.15) is 0 Å². The van der Waals surface area contributed by atoms with E-state index < -0.39 is 12.0 Å². The summed E-state index contributed by atoms with van der Waals surface area (Å²) >= 11 is 0. The van der Waals surface area contributed by atoms with E-state index in [4.69, 9.17) is 9.84 Å². The summed E-state index contributed by atoms with van der Waals surface area (Å²) in [6.07, 6.45) is 0.188. The van der Waals surface area contributed by atoms with E-state index in [9.17, 15) is 9.59 Å². The van der Waals surface area contributed by atoms with Crippen molar-refractivity contribution in [3.05, 3.63) is 0 Å². The number of nitrogens with one attached hydrogen (secondary N) is 1. The largest absolute Gasteiger partial charge is 0.480 e. The van der Waals surface area contributed by atoms with Crippen LogP contribution in [0.4, 0.5) is 0 Å². The minimum atomic E-state index is -1.01. The van der Waals surface area contributed by atoms with Crippen molar-refractivity contribution in [1.82, 2.24) is 5.32 Å². The molecule has 0 fully saturated rings. The molecule has 0 aromatic carbocycles. The van der Waals surface area contributed by atoms with Crippen molar-refractivity contribution < 1.29 is 19.4 Å². The number of methoxy groups -OCH3 is 1. The fourth-order valence-corrected chi connectivity index (χ4v) is 0.954. The van der Waals surface area contributed by atoms with E-state index in [0.717, 1.165) is 0 Å². The maximum absolute atomic E-state index is 11.2. The maximum Gasteiger partial charge on any atom is 0.326 e. The molecule has 5 heteroatoms. The SMILES string of the molecule is COCCC(=O)N[C@@H](C(=O)O)C(C)C. The summed E-state index contributed by atoms with van der Waals surface area (Å²) in [6, 6.07) is -0.820. The third-order valence-electron chi connectivity index (χ3n) is 1.78. The van der Waals surface area contributed by atoms with Gasteiger partial charge in [-0.05, 0) is 5.92 Å². The van der Waals surface area contributed by atoms with Gasteiger partial charge in [-0.15, -0.1) is 0 Å². The third-order valence-corrected chi connectivity index (χ3v) is 1.78. The molecule has 0 aliphatic carbocycles. The topological polar surface area (TPSA) is 75.6 Å². The predicted molar refractivity (Wildman–Crippen MR) is 50.9 cm³/mol. The molecule has 0 spiro atoms. The van der Waals surface area contributed by atoms with Gasteiger partial charge in [0.2, 0.25) is 5.91 Å². The van der Waals surface area contributed by atoms with Gasteiger partial charge in [0.15, 0.2) is 0 Å². The van der Waals surface area contributed by atoms with Gasteiger partial charge in [-0.1, -0.05) is 13.8 Å². The van der Waals surface area contributed by atoms with Gasteiger partial charge in [0.25, 0.3) is 0 Å². The number of carboxylic acids is 1. The molecule has 0 radical (unpaired) electrons. The lowest BCUT2D eigenvalue weighted by Crippen LogP contribution is -2.44. The average molecular weight is 203 g/mol. The van der Waals surface area contributed by atoms with Crippen LogP contribution in [0, 0.1) is 5.92 Å². The number of amides is 1. The highest BCUT2D eigenvalue weighted by Gasteiger charge is 2.22. The first-order valence-electron chi connectivity index (χ1n) is 4.50. The van der Waals surface area contributed by atoms with Crippen LogP contribution in [0.5, 0.6) is 0 Å². The van der Waals surface area contributed by atoms with Crippen LogP contribution >= 0.6 is 0 Å². The molecule has 1 atom stereocenters. The normalized spacial score (nSPS) is 12.6. The van der Waals surface area contributed by atoms with E-state index >= 15 is 0 Å². The van der Waals surface area contributed by atoms with E-state index in [-0.39, 0.29) is 18.2 Å². The molecule has 0 saturated heterocycles. The molecule has 0 heterocycles. The van der Waals surface area contributed by atoms with Gasteiger partial charge < -0.3 is 15.2 Å². The summed E-state index contributed by atoms with van der Waals surface area (Å²) in [5, 5.41) is 11.2. The maximum atomic E-state index is 11.2. The Morgan fingerprint density at radius 3 is 2.36 bits per heavy atom. The van der Waals surface area contributed by atoms with Crippen LogP contribution in [0.2, 0.25) is 0 Å². The molecule has 1 amide bonds. The summed E-state index contributed by atoms with van der Waals surface area (Å²) in [5.74, 6) is -1.43. The average Bonchev–Trinajstić information content (AvgIpc) is 2.09. The number of aliphatic carboxylic acids is 1. The van der Waals surface area contributed by atoms with Gasteiger partial charge in [0.05, 0.1) is 6.61 Å². The molecule has 2 N–H and O–H groups in total. The molecule has 82 valence electrons. The van der Waals surface area contributed by atoms with Crippen molar-refractivity contribution >= 4 is 11.9 Å². The van der Waals surface area contributed by atoms with Gasteiger partial charge in [-0.25, -0.2) is 4.79 Å². The Kier molecular flexibility index (Phi) is 5.87. The van der Waals surface area contributed by atoms with Crippen LogP contribution in [-0.4, -0.2) is 36.7 Å². The smallest absolute Gasteiger partial charge is 0.326 e.